The highest BCUT2D eigenvalue weighted by atomic mass is 16.6. The summed E-state index contributed by atoms with van der Waals surface area (Å²) in [4.78, 5) is 40.5. The van der Waals surface area contributed by atoms with Crippen molar-refractivity contribution < 1.29 is 34.1 Å². The number of Topliss-reactive ketones (excluding diaryl/α,β-unsaturated/α-hetero) is 1. The van der Waals surface area contributed by atoms with Crippen LogP contribution in [0.3, 0.4) is 0 Å². The number of ketones is 1. The predicted molar refractivity (Wildman–Crippen MR) is 134 cm³/mol. The molecule has 0 aromatic heterocycles. The number of alkyl carbamates (subject to hydrolysis) is 2. The summed E-state index contributed by atoms with van der Waals surface area (Å²) < 4.78 is 11.1. The summed E-state index contributed by atoms with van der Waals surface area (Å²) in [6, 6.07) is 0. The zero-order valence-corrected chi connectivity index (χ0v) is 22.6. The molecule has 0 aliphatic heterocycles. The fourth-order valence-electron chi connectivity index (χ4n) is 7.46. The van der Waals surface area contributed by atoms with Gasteiger partial charge in [-0.3, -0.25) is 4.79 Å². The Labute approximate surface area is 214 Å². The Morgan fingerprint density at radius 1 is 1.25 bits per heavy atom. The molecule has 1 unspecified atom stereocenters. The first-order valence-electron chi connectivity index (χ1n) is 13.0. The van der Waals surface area contributed by atoms with Crippen LogP contribution in [-0.2, 0) is 14.3 Å². The Hall–Kier alpha value is -1.97. The maximum absolute atomic E-state index is 13.4. The van der Waals surface area contributed by atoms with E-state index in [-0.39, 0.29) is 41.9 Å². The summed E-state index contributed by atoms with van der Waals surface area (Å²) >= 11 is 0. The van der Waals surface area contributed by atoms with Crippen LogP contribution in [0.2, 0.25) is 0 Å². The number of carbonyl (C=O) groups excluding carboxylic acids is 3. The van der Waals surface area contributed by atoms with E-state index >= 15 is 0 Å². The molecular formula is C27H44N2O7. The number of hydrogen-bond acceptors (Lipinski definition) is 8. The molecule has 9 atom stereocenters. The largest absolute Gasteiger partial charge is 0.445 e. The number of ether oxygens (including phenoxy) is 2. The van der Waals surface area contributed by atoms with E-state index in [1.165, 1.54) is 0 Å². The van der Waals surface area contributed by atoms with Gasteiger partial charge in [-0.1, -0.05) is 33.8 Å². The predicted octanol–water partition coefficient (Wildman–Crippen LogP) is 3.14. The fourth-order valence-corrected chi connectivity index (χ4v) is 7.46. The number of nitrogens with one attached hydrogen (secondary N) is 1. The van der Waals surface area contributed by atoms with E-state index in [9.17, 15) is 24.6 Å². The van der Waals surface area contributed by atoms with Gasteiger partial charge >= 0.3 is 12.2 Å². The third kappa shape index (κ3) is 4.82. The van der Waals surface area contributed by atoms with Gasteiger partial charge in [-0.05, 0) is 57.0 Å². The van der Waals surface area contributed by atoms with E-state index in [0.29, 0.717) is 12.8 Å². The minimum Gasteiger partial charge on any atom is -0.445 e. The van der Waals surface area contributed by atoms with Gasteiger partial charge in [0.05, 0.1) is 12.7 Å². The molecule has 204 valence electrons. The number of hydrogen-bond donors (Lipinski definition) is 3. The summed E-state index contributed by atoms with van der Waals surface area (Å²) in [5.41, 5.74) is -1.81. The second-order valence-corrected chi connectivity index (χ2v) is 12.1. The Balaban J connectivity index is 1.92. The van der Waals surface area contributed by atoms with Gasteiger partial charge in [0.1, 0.15) is 18.0 Å². The number of aliphatic hydroxyl groups is 2. The molecule has 3 saturated carbocycles. The fraction of sp³-hybridized carbons (Fsp3) is 0.815. The van der Waals surface area contributed by atoms with Crippen LogP contribution in [-0.4, -0.2) is 78.6 Å². The monoisotopic (exact) mass is 508 g/mol. The van der Waals surface area contributed by atoms with Crippen molar-refractivity contribution in [1.29, 1.82) is 0 Å². The number of amides is 2. The maximum atomic E-state index is 13.4. The SMILES string of the molecule is C=C[C@]1(C)C[C@@H](OC(=O)NC(=O)O[C@H](CO)CN(C)C)[C@@]2(C)C(C)CC[C@]3(CCC(=O)[C@H]32)[C@@H](C)[C@@H]1O. The first-order valence-corrected chi connectivity index (χ1v) is 13.0. The lowest BCUT2D eigenvalue weighted by atomic mass is 9.44. The van der Waals surface area contributed by atoms with Gasteiger partial charge in [-0.2, -0.15) is 0 Å². The Morgan fingerprint density at radius 2 is 1.92 bits per heavy atom. The van der Waals surface area contributed by atoms with Gasteiger partial charge in [0, 0.05) is 29.7 Å². The number of likely N-dealkylation sites (N-methyl/N-ethyl adjacent to an activating group) is 1. The molecule has 0 heterocycles. The van der Waals surface area contributed by atoms with Crippen molar-refractivity contribution in [3.05, 3.63) is 12.7 Å². The van der Waals surface area contributed by atoms with Crippen LogP contribution in [0.4, 0.5) is 9.59 Å². The first kappa shape index (κ1) is 28.6. The van der Waals surface area contributed by atoms with Gasteiger partial charge < -0.3 is 24.6 Å². The molecular weight excluding hydrogens is 464 g/mol. The quantitative estimate of drug-likeness (QED) is 0.467. The van der Waals surface area contributed by atoms with Gasteiger partial charge in [-0.25, -0.2) is 14.9 Å². The maximum Gasteiger partial charge on any atom is 0.417 e. The molecule has 0 aromatic carbocycles. The number of carbonyl (C=O) groups is 3. The highest BCUT2D eigenvalue weighted by molar-refractivity contribution is 5.88. The highest BCUT2D eigenvalue weighted by Crippen LogP contribution is 2.67. The smallest absolute Gasteiger partial charge is 0.417 e. The van der Waals surface area contributed by atoms with Crippen LogP contribution < -0.4 is 5.32 Å². The summed E-state index contributed by atoms with van der Waals surface area (Å²) in [5, 5.41) is 23.1. The highest BCUT2D eigenvalue weighted by Gasteiger charge is 2.68. The van der Waals surface area contributed by atoms with E-state index in [0.717, 1.165) is 12.8 Å². The molecule has 0 aromatic rings. The molecule has 3 N–H and O–H groups in total. The van der Waals surface area contributed by atoms with Crippen LogP contribution in [0, 0.1) is 34.0 Å². The van der Waals surface area contributed by atoms with Crippen LogP contribution in [0.25, 0.3) is 0 Å². The van der Waals surface area contributed by atoms with Gasteiger partial charge in [0.2, 0.25) is 0 Å². The molecule has 3 fully saturated rings. The van der Waals surface area contributed by atoms with E-state index in [4.69, 9.17) is 9.47 Å². The lowest BCUT2D eigenvalue weighted by molar-refractivity contribution is -0.191. The standard InChI is InChI=1S/C27H44N2O7/c1-8-25(4)13-20(36-24(34)28-23(33)35-18(15-30)14-29(6)7)26(5)16(2)9-11-27(17(3)22(25)32)12-10-19(31)21(26)27/h8,16-18,20-22,30,32H,1,9-15H2,2-7H3,(H,28,33,34)/t16?,17-,18-,20+,21-,22-,25+,26+,27-/m0/s1. The number of imide groups is 1. The minimum absolute atomic E-state index is 0.0813. The lowest BCUT2D eigenvalue weighted by Gasteiger charge is -2.61. The van der Waals surface area contributed by atoms with Crippen LogP contribution in [0.1, 0.15) is 59.8 Å². The molecule has 2 amide bonds. The lowest BCUT2D eigenvalue weighted by Crippen LogP contribution is -2.63. The third-order valence-corrected chi connectivity index (χ3v) is 9.80. The van der Waals surface area contributed by atoms with Crippen LogP contribution >= 0.6 is 0 Å². The molecule has 36 heavy (non-hydrogen) atoms. The summed E-state index contributed by atoms with van der Waals surface area (Å²) in [6.45, 7) is 12.0. The number of rotatable bonds is 6. The third-order valence-electron chi connectivity index (χ3n) is 9.80. The van der Waals surface area contributed by atoms with Crippen molar-refractivity contribution in [2.75, 3.05) is 27.2 Å². The van der Waals surface area contributed by atoms with E-state index in [1.807, 2.05) is 20.8 Å². The molecule has 0 saturated heterocycles. The molecule has 3 aliphatic carbocycles. The molecule has 9 nitrogen and oxygen atoms in total. The zero-order valence-electron chi connectivity index (χ0n) is 22.6. The molecule has 0 radical (unpaired) electrons. The normalized spacial score (nSPS) is 41.0. The van der Waals surface area contributed by atoms with Gasteiger partial charge in [-0.15, -0.1) is 6.58 Å². The second-order valence-electron chi connectivity index (χ2n) is 12.1. The molecule has 3 rings (SSSR count). The number of nitrogens with zero attached hydrogens (tertiary/aromatic N) is 1. The average molecular weight is 509 g/mol. The molecule has 9 heteroatoms. The van der Waals surface area contributed by atoms with Crippen molar-refractivity contribution in [3.63, 3.8) is 0 Å². The summed E-state index contributed by atoms with van der Waals surface area (Å²) in [5.74, 6) is -0.233. The van der Waals surface area contributed by atoms with Crippen molar-refractivity contribution in [3.8, 4) is 0 Å². The van der Waals surface area contributed by atoms with Crippen LogP contribution in [0.5, 0.6) is 0 Å². The molecule has 0 spiro atoms. The molecule has 2 bridgehead atoms. The first-order chi connectivity index (χ1) is 16.7. The average Bonchev–Trinajstić information content (AvgIpc) is 3.16. The van der Waals surface area contributed by atoms with Crippen molar-refractivity contribution >= 4 is 18.0 Å². The zero-order chi connectivity index (χ0) is 27.1. The Morgan fingerprint density at radius 3 is 2.50 bits per heavy atom. The second kappa shape index (κ2) is 10.4. The van der Waals surface area contributed by atoms with Gasteiger partial charge in [0.15, 0.2) is 0 Å². The minimum atomic E-state index is -1.01. The van der Waals surface area contributed by atoms with Crippen molar-refractivity contribution in [1.82, 2.24) is 10.2 Å². The van der Waals surface area contributed by atoms with Crippen molar-refractivity contribution in [2.45, 2.75) is 78.1 Å². The topological polar surface area (TPSA) is 125 Å². The summed E-state index contributed by atoms with van der Waals surface area (Å²) in [6.07, 6.45) is 0.549. The van der Waals surface area contributed by atoms with E-state index < -0.39 is 47.9 Å². The Bertz CT molecular complexity index is 878. The number of aliphatic hydroxyl groups excluding tert-OH is 2. The summed E-state index contributed by atoms with van der Waals surface area (Å²) in [7, 11) is 3.55. The van der Waals surface area contributed by atoms with Gasteiger partial charge in [0.25, 0.3) is 0 Å². The Kier molecular flexibility index (Phi) is 8.28. The van der Waals surface area contributed by atoms with Crippen molar-refractivity contribution in [2.24, 2.45) is 34.0 Å². The molecule has 3 aliphatic rings. The van der Waals surface area contributed by atoms with E-state index in [1.54, 1.807) is 25.1 Å². The van der Waals surface area contributed by atoms with E-state index in [2.05, 4.69) is 18.8 Å². The van der Waals surface area contributed by atoms with Crippen LogP contribution in [0.15, 0.2) is 12.7 Å².